The van der Waals surface area contributed by atoms with Gasteiger partial charge >= 0.3 is 5.97 Å². The Morgan fingerprint density at radius 1 is 1.56 bits per heavy atom. The van der Waals surface area contributed by atoms with Crippen LogP contribution in [-0.2, 0) is 0 Å². The first kappa shape index (κ1) is 15.0. The molecule has 1 aromatic carbocycles. The first-order chi connectivity index (χ1) is 8.47. The molecule has 1 aromatic rings. The van der Waals surface area contributed by atoms with Gasteiger partial charge in [0.2, 0.25) is 0 Å². The van der Waals surface area contributed by atoms with E-state index in [1.807, 2.05) is 6.92 Å². The summed E-state index contributed by atoms with van der Waals surface area (Å²) in [6.45, 7) is 4.08. The second-order valence-corrected chi connectivity index (χ2v) is 5.07. The molecule has 1 atom stereocenters. The highest BCUT2D eigenvalue weighted by molar-refractivity contribution is 9.10. The molecule has 100 valence electrons. The molecule has 0 aliphatic carbocycles. The van der Waals surface area contributed by atoms with Crippen molar-refractivity contribution in [2.75, 3.05) is 5.32 Å². The van der Waals surface area contributed by atoms with E-state index in [1.165, 1.54) is 12.1 Å². The van der Waals surface area contributed by atoms with Crippen LogP contribution in [0.4, 0.5) is 10.1 Å². The zero-order valence-electron chi connectivity index (χ0n) is 10.5. The highest BCUT2D eigenvalue weighted by atomic mass is 79.9. The van der Waals surface area contributed by atoms with E-state index >= 15 is 0 Å². The highest BCUT2D eigenvalue weighted by Gasteiger charge is 2.16. The van der Waals surface area contributed by atoms with Gasteiger partial charge in [0, 0.05) is 6.04 Å². The summed E-state index contributed by atoms with van der Waals surface area (Å²) in [4.78, 5) is 10.8. The van der Waals surface area contributed by atoms with Crippen molar-refractivity contribution in [3.05, 3.63) is 28.0 Å². The van der Waals surface area contributed by atoms with E-state index in [4.69, 9.17) is 5.11 Å². The Bertz CT molecular complexity index is 437. The standard InChI is InChI=1S/C13H17BrFNO2/c1-3-4-5-8(2)16-10-7-6-9(13(17)18)11(14)12(10)15/h6-8,16H,3-5H2,1-2H3,(H,17,18). The lowest BCUT2D eigenvalue weighted by Gasteiger charge is -2.16. The minimum Gasteiger partial charge on any atom is -0.478 e. The molecule has 0 aliphatic heterocycles. The molecule has 0 radical (unpaired) electrons. The molecule has 1 rings (SSSR count). The van der Waals surface area contributed by atoms with Gasteiger partial charge in [-0.2, -0.15) is 0 Å². The summed E-state index contributed by atoms with van der Waals surface area (Å²) in [7, 11) is 0. The van der Waals surface area contributed by atoms with Gasteiger partial charge in [-0.15, -0.1) is 0 Å². The zero-order valence-corrected chi connectivity index (χ0v) is 12.1. The van der Waals surface area contributed by atoms with E-state index in [-0.39, 0.29) is 16.1 Å². The molecular formula is C13H17BrFNO2. The monoisotopic (exact) mass is 317 g/mol. The molecule has 0 saturated carbocycles. The first-order valence-corrected chi connectivity index (χ1v) is 6.74. The van der Waals surface area contributed by atoms with Crippen molar-refractivity contribution in [1.29, 1.82) is 0 Å². The van der Waals surface area contributed by atoms with Gasteiger partial charge in [-0.25, -0.2) is 9.18 Å². The Morgan fingerprint density at radius 2 is 2.22 bits per heavy atom. The maximum Gasteiger partial charge on any atom is 0.336 e. The fourth-order valence-electron chi connectivity index (χ4n) is 1.67. The average molecular weight is 318 g/mol. The number of benzene rings is 1. The largest absolute Gasteiger partial charge is 0.478 e. The molecule has 0 saturated heterocycles. The molecule has 5 heteroatoms. The Labute approximate surface area is 115 Å². The maximum absolute atomic E-state index is 13.9. The normalized spacial score (nSPS) is 12.2. The number of hydrogen-bond acceptors (Lipinski definition) is 2. The van der Waals surface area contributed by atoms with Gasteiger partial charge in [-0.3, -0.25) is 0 Å². The van der Waals surface area contributed by atoms with Gasteiger partial charge in [0.05, 0.1) is 15.7 Å². The molecule has 0 spiro atoms. The van der Waals surface area contributed by atoms with Crippen LogP contribution in [0.25, 0.3) is 0 Å². The predicted octanol–water partition coefficient (Wildman–Crippen LogP) is 4.28. The van der Waals surface area contributed by atoms with Crippen LogP contribution < -0.4 is 5.32 Å². The van der Waals surface area contributed by atoms with E-state index < -0.39 is 11.8 Å². The lowest BCUT2D eigenvalue weighted by atomic mass is 10.1. The average Bonchev–Trinajstić information content (AvgIpc) is 2.32. The predicted molar refractivity (Wildman–Crippen MR) is 73.7 cm³/mol. The third kappa shape index (κ3) is 3.70. The van der Waals surface area contributed by atoms with Crippen LogP contribution in [0.3, 0.4) is 0 Å². The first-order valence-electron chi connectivity index (χ1n) is 5.95. The number of rotatable bonds is 6. The second-order valence-electron chi connectivity index (χ2n) is 4.28. The fraction of sp³-hybridized carbons (Fsp3) is 0.462. The molecule has 0 fully saturated rings. The highest BCUT2D eigenvalue weighted by Crippen LogP contribution is 2.27. The molecule has 0 heterocycles. The van der Waals surface area contributed by atoms with Gasteiger partial charge in [-0.05, 0) is 41.4 Å². The van der Waals surface area contributed by atoms with Crippen LogP contribution in [0.15, 0.2) is 16.6 Å². The van der Waals surface area contributed by atoms with Crippen molar-refractivity contribution < 1.29 is 14.3 Å². The zero-order chi connectivity index (χ0) is 13.7. The second kappa shape index (κ2) is 6.73. The SMILES string of the molecule is CCCCC(C)Nc1ccc(C(=O)O)c(Br)c1F. The van der Waals surface area contributed by atoms with Gasteiger partial charge in [0.1, 0.15) is 0 Å². The van der Waals surface area contributed by atoms with Gasteiger partial charge < -0.3 is 10.4 Å². The van der Waals surface area contributed by atoms with Crippen molar-refractivity contribution in [1.82, 2.24) is 0 Å². The van der Waals surface area contributed by atoms with Crippen LogP contribution in [0, 0.1) is 5.82 Å². The molecule has 0 aliphatic rings. The molecule has 3 nitrogen and oxygen atoms in total. The summed E-state index contributed by atoms with van der Waals surface area (Å²) in [6.07, 6.45) is 3.12. The summed E-state index contributed by atoms with van der Waals surface area (Å²) in [5.74, 6) is -1.70. The summed E-state index contributed by atoms with van der Waals surface area (Å²) >= 11 is 2.98. The minimum atomic E-state index is -1.15. The Morgan fingerprint density at radius 3 is 2.78 bits per heavy atom. The number of carboxylic acids is 1. The molecule has 1 unspecified atom stereocenters. The molecule has 0 bridgehead atoms. The number of unbranched alkanes of at least 4 members (excludes halogenated alkanes) is 1. The van der Waals surface area contributed by atoms with Crippen molar-refractivity contribution in [3.8, 4) is 0 Å². The smallest absolute Gasteiger partial charge is 0.336 e. The van der Waals surface area contributed by atoms with Crippen molar-refractivity contribution in [2.24, 2.45) is 0 Å². The summed E-state index contributed by atoms with van der Waals surface area (Å²) in [5, 5.41) is 11.9. The number of carboxylic acid groups (broad SMARTS) is 1. The Kier molecular flexibility index (Phi) is 5.59. The Balaban J connectivity index is 2.85. The van der Waals surface area contributed by atoms with E-state index in [2.05, 4.69) is 28.2 Å². The molecule has 0 amide bonds. The van der Waals surface area contributed by atoms with Crippen LogP contribution in [0.2, 0.25) is 0 Å². The van der Waals surface area contributed by atoms with Gasteiger partial charge in [0.15, 0.2) is 5.82 Å². The van der Waals surface area contributed by atoms with Crippen LogP contribution >= 0.6 is 15.9 Å². The Hall–Kier alpha value is -1.10. The molecular weight excluding hydrogens is 301 g/mol. The van der Waals surface area contributed by atoms with Gasteiger partial charge in [-0.1, -0.05) is 19.8 Å². The van der Waals surface area contributed by atoms with E-state index in [0.717, 1.165) is 19.3 Å². The third-order valence-corrected chi connectivity index (χ3v) is 3.48. The quantitative estimate of drug-likeness (QED) is 0.823. The summed E-state index contributed by atoms with van der Waals surface area (Å²) in [6, 6.07) is 3.01. The fourth-order valence-corrected chi connectivity index (χ4v) is 2.19. The number of aromatic carboxylic acids is 1. The minimum absolute atomic E-state index is 0.0114. The van der Waals surface area contributed by atoms with Crippen molar-refractivity contribution in [3.63, 3.8) is 0 Å². The number of carbonyl (C=O) groups is 1. The van der Waals surface area contributed by atoms with Crippen LogP contribution in [-0.4, -0.2) is 17.1 Å². The number of nitrogens with one attached hydrogen (secondary N) is 1. The number of halogens is 2. The van der Waals surface area contributed by atoms with E-state index in [0.29, 0.717) is 5.69 Å². The van der Waals surface area contributed by atoms with E-state index in [9.17, 15) is 9.18 Å². The van der Waals surface area contributed by atoms with Crippen molar-refractivity contribution >= 4 is 27.6 Å². The maximum atomic E-state index is 13.9. The molecule has 18 heavy (non-hydrogen) atoms. The van der Waals surface area contributed by atoms with E-state index in [1.54, 1.807) is 0 Å². The summed E-state index contributed by atoms with van der Waals surface area (Å²) in [5.41, 5.74) is 0.259. The van der Waals surface area contributed by atoms with Gasteiger partial charge in [0.25, 0.3) is 0 Å². The lowest BCUT2D eigenvalue weighted by Crippen LogP contribution is -2.16. The molecule has 0 aromatic heterocycles. The van der Waals surface area contributed by atoms with Crippen LogP contribution in [0.5, 0.6) is 0 Å². The molecule has 2 N–H and O–H groups in total. The van der Waals surface area contributed by atoms with Crippen LogP contribution in [0.1, 0.15) is 43.5 Å². The van der Waals surface area contributed by atoms with Crippen molar-refractivity contribution in [2.45, 2.75) is 39.2 Å². The summed E-state index contributed by atoms with van der Waals surface area (Å²) < 4.78 is 13.9. The topological polar surface area (TPSA) is 49.3 Å². The number of hydrogen-bond donors (Lipinski definition) is 2. The number of anilines is 1. The third-order valence-electron chi connectivity index (χ3n) is 2.71. The lowest BCUT2D eigenvalue weighted by molar-refractivity contribution is 0.0695.